The normalized spacial score (nSPS) is 17.8. The maximum absolute atomic E-state index is 13.2. The van der Waals surface area contributed by atoms with E-state index < -0.39 is 46.7 Å². The van der Waals surface area contributed by atoms with Crippen LogP contribution in [0.2, 0.25) is 0 Å². The number of hydrogen-bond donors (Lipinski definition) is 7. The predicted molar refractivity (Wildman–Crippen MR) is 155 cm³/mol. The minimum atomic E-state index is -3.93. The lowest BCUT2D eigenvalue weighted by atomic mass is 10.0. The first-order valence-electron chi connectivity index (χ1n) is 13.3. The fourth-order valence-corrected chi connectivity index (χ4v) is 5.93. The van der Waals surface area contributed by atoms with Gasteiger partial charge in [-0.3, -0.25) is 20.4 Å². The molecule has 222 valence electrons. The van der Waals surface area contributed by atoms with Gasteiger partial charge < -0.3 is 31.7 Å². The highest BCUT2D eigenvalue weighted by Crippen LogP contribution is 2.18. The van der Waals surface area contributed by atoms with Gasteiger partial charge in [0.05, 0.1) is 18.3 Å². The second kappa shape index (κ2) is 14.6. The Morgan fingerprint density at radius 2 is 1.76 bits per heavy atom. The number of piperidine rings is 1. The van der Waals surface area contributed by atoms with Crippen LogP contribution >= 0.6 is 0 Å². The van der Waals surface area contributed by atoms with E-state index in [0.717, 1.165) is 0 Å². The molecule has 2 unspecified atom stereocenters. The van der Waals surface area contributed by atoms with Gasteiger partial charge in [-0.1, -0.05) is 54.6 Å². The van der Waals surface area contributed by atoms with Crippen molar-refractivity contribution in [3.8, 4) is 0 Å². The summed E-state index contributed by atoms with van der Waals surface area (Å²) < 4.78 is 34.1. The van der Waals surface area contributed by atoms with Gasteiger partial charge in [-0.2, -0.15) is 0 Å². The Bertz CT molecular complexity index is 1320. The highest BCUT2D eigenvalue weighted by Gasteiger charge is 2.34. The number of carbonyl (C=O) groups excluding carboxylic acids is 2. The molecule has 13 nitrogen and oxygen atoms in total. The van der Waals surface area contributed by atoms with Crippen LogP contribution in [0.4, 0.5) is 0 Å². The third-order valence-electron chi connectivity index (χ3n) is 6.52. The maximum Gasteiger partial charge on any atom is 0.239 e. The van der Waals surface area contributed by atoms with Crippen LogP contribution in [0.3, 0.4) is 0 Å². The molecule has 0 spiro atoms. The van der Waals surface area contributed by atoms with Crippen molar-refractivity contribution in [3.05, 3.63) is 71.3 Å². The molecule has 1 heterocycles. The number of likely N-dealkylation sites (tertiary alicyclic amines) is 1. The first-order chi connectivity index (χ1) is 19.5. The number of amidine groups is 1. The van der Waals surface area contributed by atoms with Crippen molar-refractivity contribution in [2.24, 2.45) is 11.5 Å². The first kappa shape index (κ1) is 31.5. The van der Waals surface area contributed by atoms with E-state index in [0.29, 0.717) is 42.7 Å². The quantitative estimate of drug-likeness (QED) is 0.124. The lowest BCUT2D eigenvalue weighted by molar-refractivity contribution is -0.129. The monoisotopic (exact) mass is 586 g/mol. The molecule has 0 bridgehead atoms. The number of amides is 2. The van der Waals surface area contributed by atoms with Crippen LogP contribution in [0.1, 0.15) is 36.5 Å². The molecule has 41 heavy (non-hydrogen) atoms. The highest BCUT2D eigenvalue weighted by molar-refractivity contribution is 7.88. The van der Waals surface area contributed by atoms with Gasteiger partial charge in [0, 0.05) is 18.7 Å². The van der Waals surface area contributed by atoms with Crippen LogP contribution in [-0.4, -0.2) is 74.9 Å². The summed E-state index contributed by atoms with van der Waals surface area (Å²) in [7, 11) is -3.93. The molecule has 3 rings (SSSR count). The Labute approximate surface area is 240 Å². The molecule has 0 aliphatic carbocycles. The number of nitrogen functional groups attached to an aromatic ring is 1. The van der Waals surface area contributed by atoms with Gasteiger partial charge in [0.15, 0.2) is 12.2 Å². The number of benzene rings is 2. The van der Waals surface area contributed by atoms with E-state index in [2.05, 4.69) is 15.4 Å². The largest absolute Gasteiger partial charge is 0.384 e. The zero-order valence-electron chi connectivity index (χ0n) is 22.9. The minimum absolute atomic E-state index is 0.00225. The van der Waals surface area contributed by atoms with Gasteiger partial charge in [0.1, 0.15) is 11.9 Å². The Morgan fingerprint density at radius 1 is 1.07 bits per heavy atom. The number of ether oxygens (including phenoxy) is 1. The van der Waals surface area contributed by atoms with Crippen LogP contribution in [-0.2, 0) is 36.5 Å². The molecule has 0 saturated carbocycles. The molecule has 1 aliphatic heterocycles. The Kier molecular flexibility index (Phi) is 11.2. The predicted octanol–water partition coefficient (Wildman–Crippen LogP) is -0.0458. The van der Waals surface area contributed by atoms with E-state index in [1.165, 1.54) is 0 Å². The highest BCUT2D eigenvalue weighted by atomic mass is 32.2. The van der Waals surface area contributed by atoms with Gasteiger partial charge in [0.25, 0.3) is 0 Å². The van der Waals surface area contributed by atoms with Crippen LogP contribution < -0.4 is 26.8 Å². The van der Waals surface area contributed by atoms with Crippen molar-refractivity contribution in [2.75, 3.05) is 19.7 Å². The number of nitrogens with zero attached hydrogens (tertiary/aromatic N) is 1. The number of sulfonamides is 1. The van der Waals surface area contributed by atoms with Gasteiger partial charge in [0.2, 0.25) is 21.8 Å². The molecule has 3 atom stereocenters. The number of nitrogens with two attached hydrogens (primary N) is 2. The van der Waals surface area contributed by atoms with Gasteiger partial charge in [-0.25, -0.2) is 13.1 Å². The molecule has 1 fully saturated rings. The number of rotatable bonds is 13. The Morgan fingerprint density at radius 3 is 2.37 bits per heavy atom. The van der Waals surface area contributed by atoms with Crippen LogP contribution in [0.15, 0.2) is 54.6 Å². The summed E-state index contributed by atoms with van der Waals surface area (Å²) in [5.74, 6) is -1.76. The van der Waals surface area contributed by atoms with Crippen molar-refractivity contribution >= 4 is 33.6 Å². The molecule has 14 heteroatoms. The smallest absolute Gasteiger partial charge is 0.239 e. The average molecular weight is 587 g/mol. The molecular weight excluding hydrogens is 548 g/mol. The average Bonchev–Trinajstić information content (AvgIpc) is 2.92. The van der Waals surface area contributed by atoms with Crippen LogP contribution in [0, 0.1) is 10.8 Å². The van der Waals surface area contributed by atoms with E-state index in [1.807, 2.05) is 0 Å². The van der Waals surface area contributed by atoms with E-state index in [4.69, 9.17) is 27.0 Å². The molecule has 0 aromatic heterocycles. The summed E-state index contributed by atoms with van der Waals surface area (Å²) in [5, 5.41) is 20.7. The summed E-state index contributed by atoms with van der Waals surface area (Å²) in [5.41, 5.74) is 12.9. The molecule has 0 radical (unpaired) electrons. The summed E-state index contributed by atoms with van der Waals surface area (Å²) in [6, 6.07) is 13.5. The van der Waals surface area contributed by atoms with E-state index in [-0.39, 0.29) is 24.0 Å². The Balaban J connectivity index is 1.69. The Hall–Kier alpha value is -4.01. The fraction of sp³-hybridized carbons (Fsp3) is 0.407. The SMILES string of the molecule is CCOC1C(NC(=O)CNC(=O)[C@@H](Cc2ccc(C(=N)N)cc2)NS(=O)(=O)Cc2ccccc2)CCCN1C(=N)N. The summed E-state index contributed by atoms with van der Waals surface area (Å²) >= 11 is 0. The van der Waals surface area contributed by atoms with Crippen LogP contribution in [0.25, 0.3) is 0 Å². The number of nitrogens with one attached hydrogen (secondary N) is 5. The molecule has 1 saturated heterocycles. The fourth-order valence-electron chi connectivity index (χ4n) is 4.59. The zero-order chi connectivity index (χ0) is 30.0. The second-order valence-corrected chi connectivity index (χ2v) is 11.4. The van der Waals surface area contributed by atoms with Gasteiger partial charge >= 0.3 is 0 Å². The minimum Gasteiger partial charge on any atom is -0.384 e. The van der Waals surface area contributed by atoms with Crippen molar-refractivity contribution < 1.29 is 22.7 Å². The molecule has 2 aromatic carbocycles. The lowest BCUT2D eigenvalue weighted by Crippen LogP contribution is -2.60. The zero-order valence-corrected chi connectivity index (χ0v) is 23.7. The number of carbonyl (C=O) groups is 2. The molecular formula is C27H38N8O5S. The summed E-state index contributed by atoms with van der Waals surface area (Å²) in [6.07, 6.45) is 0.685. The van der Waals surface area contributed by atoms with E-state index in [9.17, 15) is 18.0 Å². The van der Waals surface area contributed by atoms with Gasteiger partial charge in [-0.15, -0.1) is 0 Å². The van der Waals surface area contributed by atoms with Crippen molar-refractivity contribution in [1.29, 1.82) is 10.8 Å². The number of guanidine groups is 1. The van der Waals surface area contributed by atoms with E-state index >= 15 is 0 Å². The first-order valence-corrected chi connectivity index (χ1v) is 14.9. The van der Waals surface area contributed by atoms with Crippen LogP contribution in [0.5, 0.6) is 0 Å². The maximum atomic E-state index is 13.2. The van der Waals surface area contributed by atoms with Crippen molar-refractivity contribution in [2.45, 2.75) is 50.3 Å². The summed E-state index contributed by atoms with van der Waals surface area (Å²) in [6.45, 7) is 2.30. The topological polar surface area (TPSA) is 217 Å². The van der Waals surface area contributed by atoms with Crippen molar-refractivity contribution in [1.82, 2.24) is 20.3 Å². The van der Waals surface area contributed by atoms with E-state index in [1.54, 1.807) is 66.4 Å². The molecule has 2 aromatic rings. The molecule has 9 N–H and O–H groups in total. The third kappa shape index (κ3) is 9.55. The summed E-state index contributed by atoms with van der Waals surface area (Å²) in [4.78, 5) is 27.6. The molecule has 1 aliphatic rings. The molecule has 2 amide bonds. The second-order valence-electron chi connectivity index (χ2n) is 9.69. The van der Waals surface area contributed by atoms with Crippen molar-refractivity contribution in [3.63, 3.8) is 0 Å². The third-order valence-corrected chi connectivity index (χ3v) is 7.88. The number of hydrogen-bond acceptors (Lipinski definition) is 7. The lowest BCUT2D eigenvalue weighted by Gasteiger charge is -2.41. The standard InChI is InChI=1S/C27H38N8O5S/c1-2-40-26-21(9-6-14-35(26)27(30)31)33-23(36)16-32-25(37)22(15-18-10-12-20(13-11-18)24(28)29)34-41(38,39)17-19-7-4-3-5-8-19/h3-5,7-8,10-13,21-22,26,34H,2,6,9,14-17H2,1H3,(H3,28,29)(H3,30,31)(H,32,37)(H,33,36)/t21?,22-,26?/m1/s1. The van der Waals surface area contributed by atoms with Gasteiger partial charge in [-0.05, 0) is 37.3 Å².